The second kappa shape index (κ2) is 17.7. The lowest BCUT2D eigenvalue weighted by atomic mass is 10.1. The van der Waals surface area contributed by atoms with E-state index in [0.717, 1.165) is 19.3 Å². The Kier molecular flexibility index (Phi) is 13.5. The number of ether oxygens (including phenoxy) is 4. The lowest BCUT2D eigenvalue weighted by molar-refractivity contribution is -0.134. The molecule has 0 atom stereocenters. The summed E-state index contributed by atoms with van der Waals surface area (Å²) in [5.74, 6) is -1.12. The van der Waals surface area contributed by atoms with Gasteiger partial charge in [-0.1, -0.05) is 31.9 Å². The van der Waals surface area contributed by atoms with Gasteiger partial charge in [-0.3, -0.25) is 4.79 Å². The molecule has 0 bridgehead atoms. The van der Waals surface area contributed by atoms with Gasteiger partial charge in [0, 0.05) is 23.9 Å². The summed E-state index contributed by atoms with van der Waals surface area (Å²) in [6, 6.07) is 17.4. The zero-order valence-electron chi connectivity index (χ0n) is 24.8. The van der Waals surface area contributed by atoms with Gasteiger partial charge in [-0.05, 0) is 91.9 Å². The molecule has 3 aromatic rings. The van der Waals surface area contributed by atoms with E-state index in [1.165, 1.54) is 18.2 Å². The Morgan fingerprint density at radius 2 is 1.23 bits per heavy atom. The summed E-state index contributed by atoms with van der Waals surface area (Å²) in [5.41, 5.74) is 13.6. The van der Waals surface area contributed by atoms with Crippen LogP contribution in [0.25, 0.3) is 6.08 Å². The Bertz CT molecular complexity index is 1410. The predicted molar refractivity (Wildman–Crippen MR) is 167 cm³/mol. The molecule has 0 unspecified atom stereocenters. The summed E-state index contributed by atoms with van der Waals surface area (Å²) >= 11 is 0. The van der Waals surface area contributed by atoms with Crippen LogP contribution >= 0.6 is 0 Å². The van der Waals surface area contributed by atoms with Crippen molar-refractivity contribution in [3.8, 4) is 11.5 Å². The standard InChI is InChI=1S/C34H38N2O8/c1-2-3-5-8-31(37)43-29-14-16-30(17-15-29)44-32(38)18-11-24-9-12-25(13-10-24)33(39)41-19-6-4-7-20-42-34(40)26-21-27(35)23-28(36)22-26/h9-18,21-23H,2-8,19-20,35-36H2,1H3. The molecule has 10 heteroatoms. The van der Waals surface area contributed by atoms with Crippen molar-refractivity contribution in [2.45, 2.75) is 51.9 Å². The average molecular weight is 603 g/mol. The van der Waals surface area contributed by atoms with Crippen molar-refractivity contribution >= 4 is 41.3 Å². The minimum absolute atomic E-state index is 0.229. The highest BCUT2D eigenvalue weighted by Crippen LogP contribution is 2.19. The molecule has 3 rings (SSSR count). The Morgan fingerprint density at radius 3 is 1.82 bits per heavy atom. The highest BCUT2D eigenvalue weighted by molar-refractivity contribution is 5.92. The monoisotopic (exact) mass is 602 g/mol. The number of esters is 4. The summed E-state index contributed by atoms with van der Waals surface area (Å²) in [4.78, 5) is 48.4. The predicted octanol–water partition coefficient (Wildman–Crippen LogP) is 6.14. The van der Waals surface area contributed by atoms with Gasteiger partial charge in [0.05, 0.1) is 24.3 Å². The highest BCUT2D eigenvalue weighted by Gasteiger charge is 2.10. The van der Waals surface area contributed by atoms with E-state index in [-0.39, 0.29) is 19.2 Å². The number of nitrogen functional groups attached to an aromatic ring is 2. The smallest absolute Gasteiger partial charge is 0.338 e. The summed E-state index contributed by atoms with van der Waals surface area (Å²) in [6.07, 6.45) is 7.93. The molecule has 0 aliphatic heterocycles. The van der Waals surface area contributed by atoms with Crippen molar-refractivity contribution in [1.82, 2.24) is 0 Å². The molecule has 0 heterocycles. The number of nitrogens with two attached hydrogens (primary N) is 2. The topological polar surface area (TPSA) is 157 Å². The van der Waals surface area contributed by atoms with Crippen LogP contribution in [0.2, 0.25) is 0 Å². The Hall–Kier alpha value is -5.12. The number of hydrogen-bond donors (Lipinski definition) is 2. The van der Waals surface area contributed by atoms with Crippen molar-refractivity contribution in [3.63, 3.8) is 0 Å². The molecule has 0 spiro atoms. The van der Waals surface area contributed by atoms with E-state index in [0.29, 0.717) is 65.2 Å². The number of unbranched alkanes of at least 4 members (excludes halogenated alkanes) is 4. The summed E-state index contributed by atoms with van der Waals surface area (Å²) in [7, 11) is 0. The van der Waals surface area contributed by atoms with Crippen LogP contribution in [-0.4, -0.2) is 37.1 Å². The van der Waals surface area contributed by atoms with E-state index in [9.17, 15) is 19.2 Å². The molecule has 3 aromatic carbocycles. The van der Waals surface area contributed by atoms with Crippen molar-refractivity contribution < 1.29 is 38.1 Å². The zero-order chi connectivity index (χ0) is 31.7. The third kappa shape index (κ3) is 12.0. The van der Waals surface area contributed by atoms with Gasteiger partial charge in [0.1, 0.15) is 11.5 Å². The molecule has 0 amide bonds. The van der Waals surface area contributed by atoms with Gasteiger partial charge in [0.25, 0.3) is 0 Å². The fraction of sp³-hybridized carbons (Fsp3) is 0.294. The average Bonchev–Trinajstić information content (AvgIpc) is 3.00. The van der Waals surface area contributed by atoms with Crippen LogP contribution in [0.15, 0.2) is 72.8 Å². The third-order valence-electron chi connectivity index (χ3n) is 6.28. The number of rotatable bonds is 16. The first kappa shape index (κ1) is 33.4. The highest BCUT2D eigenvalue weighted by atomic mass is 16.5. The Labute approximate surface area is 256 Å². The first-order valence-electron chi connectivity index (χ1n) is 14.5. The van der Waals surface area contributed by atoms with Crippen LogP contribution in [0.1, 0.15) is 78.1 Å². The second-order valence-corrected chi connectivity index (χ2v) is 10.00. The number of carbonyl (C=O) groups is 4. The molecule has 0 radical (unpaired) electrons. The summed E-state index contributed by atoms with van der Waals surface area (Å²) in [5, 5.41) is 0. The van der Waals surface area contributed by atoms with Crippen LogP contribution in [0, 0.1) is 0 Å². The van der Waals surface area contributed by atoms with Gasteiger partial charge in [0.15, 0.2) is 0 Å². The normalized spacial score (nSPS) is 10.8. The van der Waals surface area contributed by atoms with E-state index >= 15 is 0 Å². The van der Waals surface area contributed by atoms with Gasteiger partial charge in [-0.25, -0.2) is 14.4 Å². The third-order valence-corrected chi connectivity index (χ3v) is 6.28. The summed E-state index contributed by atoms with van der Waals surface area (Å²) in [6.45, 7) is 2.52. The number of anilines is 2. The van der Waals surface area contributed by atoms with Crippen molar-refractivity contribution in [3.05, 3.63) is 89.5 Å². The van der Waals surface area contributed by atoms with E-state index in [1.54, 1.807) is 60.7 Å². The number of hydrogen-bond acceptors (Lipinski definition) is 10. The molecule has 232 valence electrons. The Balaban J connectivity index is 1.32. The van der Waals surface area contributed by atoms with Crippen molar-refractivity contribution in [1.29, 1.82) is 0 Å². The van der Waals surface area contributed by atoms with Crippen molar-refractivity contribution in [2.24, 2.45) is 0 Å². The maximum absolute atomic E-state index is 12.3. The largest absolute Gasteiger partial charge is 0.462 e. The molecule has 0 fully saturated rings. The minimum atomic E-state index is -0.581. The lowest BCUT2D eigenvalue weighted by Crippen LogP contribution is -2.09. The Morgan fingerprint density at radius 1 is 0.659 bits per heavy atom. The van der Waals surface area contributed by atoms with E-state index in [1.807, 2.05) is 0 Å². The molecule has 0 aliphatic rings. The van der Waals surface area contributed by atoms with Gasteiger partial charge < -0.3 is 30.4 Å². The van der Waals surface area contributed by atoms with E-state index in [4.69, 9.17) is 30.4 Å². The first-order chi connectivity index (χ1) is 21.2. The van der Waals surface area contributed by atoms with Crippen LogP contribution < -0.4 is 20.9 Å². The van der Waals surface area contributed by atoms with Gasteiger partial charge in [-0.2, -0.15) is 0 Å². The fourth-order valence-electron chi connectivity index (χ4n) is 3.99. The number of benzene rings is 3. The maximum Gasteiger partial charge on any atom is 0.338 e. The molecule has 10 nitrogen and oxygen atoms in total. The molecule has 0 saturated carbocycles. The SMILES string of the molecule is CCCCCC(=O)Oc1ccc(OC(=O)C=Cc2ccc(C(=O)OCCCCCOC(=O)c3cc(N)cc(N)c3)cc2)cc1. The van der Waals surface area contributed by atoms with Gasteiger partial charge in [0.2, 0.25) is 0 Å². The quantitative estimate of drug-likeness (QED) is 0.0641. The molecule has 44 heavy (non-hydrogen) atoms. The maximum atomic E-state index is 12.3. The van der Waals surface area contributed by atoms with Crippen LogP contribution in [0.4, 0.5) is 11.4 Å². The zero-order valence-corrected chi connectivity index (χ0v) is 24.8. The fourth-order valence-corrected chi connectivity index (χ4v) is 3.99. The van der Waals surface area contributed by atoms with E-state index in [2.05, 4.69) is 6.92 Å². The molecular formula is C34H38N2O8. The molecule has 0 aromatic heterocycles. The van der Waals surface area contributed by atoms with Gasteiger partial charge >= 0.3 is 23.9 Å². The van der Waals surface area contributed by atoms with Crippen LogP contribution in [0.3, 0.4) is 0 Å². The van der Waals surface area contributed by atoms with E-state index < -0.39 is 17.9 Å². The molecule has 4 N–H and O–H groups in total. The molecule has 0 saturated heterocycles. The molecule has 0 aliphatic carbocycles. The van der Waals surface area contributed by atoms with Crippen LogP contribution in [0.5, 0.6) is 11.5 Å². The van der Waals surface area contributed by atoms with Crippen molar-refractivity contribution in [2.75, 3.05) is 24.7 Å². The summed E-state index contributed by atoms with van der Waals surface area (Å²) < 4.78 is 21.1. The first-order valence-corrected chi connectivity index (χ1v) is 14.5. The van der Waals surface area contributed by atoms with Gasteiger partial charge in [-0.15, -0.1) is 0 Å². The number of carbonyl (C=O) groups excluding carboxylic acids is 4. The minimum Gasteiger partial charge on any atom is -0.462 e. The molecular weight excluding hydrogens is 564 g/mol. The van der Waals surface area contributed by atoms with Crippen LogP contribution in [-0.2, 0) is 19.1 Å². The second-order valence-electron chi connectivity index (χ2n) is 10.00. The lowest BCUT2D eigenvalue weighted by Gasteiger charge is -2.07.